The van der Waals surface area contributed by atoms with E-state index in [1.165, 1.54) is 11.1 Å². The van der Waals surface area contributed by atoms with E-state index in [1.807, 2.05) is 36.5 Å². The summed E-state index contributed by atoms with van der Waals surface area (Å²) in [6.45, 7) is 0. The fourth-order valence-electron chi connectivity index (χ4n) is 1.70. The van der Waals surface area contributed by atoms with Gasteiger partial charge >= 0.3 is 0 Å². The summed E-state index contributed by atoms with van der Waals surface area (Å²) in [4.78, 5) is 10.9. The molecule has 80 valence electrons. The molecule has 0 radical (unpaired) electrons. The standard InChI is InChI=1S/C15H14O/c16-12-15(11-14-7-3-4-8-14)10-9-13-5-1-2-6-13/h1-5,7,9-12H,6,8H2. The lowest BCUT2D eigenvalue weighted by atomic mass is 10.1. The first-order valence-electron chi connectivity index (χ1n) is 5.45. The van der Waals surface area contributed by atoms with Gasteiger partial charge in [-0.25, -0.2) is 0 Å². The number of hydrogen-bond donors (Lipinski definition) is 0. The highest BCUT2D eigenvalue weighted by atomic mass is 16.1. The molecule has 0 bridgehead atoms. The second-order valence-electron chi connectivity index (χ2n) is 3.84. The van der Waals surface area contributed by atoms with E-state index in [0.717, 1.165) is 24.7 Å². The molecule has 0 N–H and O–H groups in total. The second kappa shape index (κ2) is 5.26. The van der Waals surface area contributed by atoms with Gasteiger partial charge in [-0.2, -0.15) is 0 Å². The van der Waals surface area contributed by atoms with Crippen LogP contribution in [-0.2, 0) is 4.79 Å². The first kappa shape index (κ1) is 10.6. The number of rotatable bonds is 4. The van der Waals surface area contributed by atoms with E-state index < -0.39 is 0 Å². The van der Waals surface area contributed by atoms with Crippen molar-refractivity contribution in [3.05, 3.63) is 71.4 Å². The average molecular weight is 210 g/mol. The van der Waals surface area contributed by atoms with Crippen molar-refractivity contribution in [3.8, 4) is 0 Å². The van der Waals surface area contributed by atoms with E-state index in [2.05, 4.69) is 18.2 Å². The van der Waals surface area contributed by atoms with Gasteiger partial charge in [0.05, 0.1) is 0 Å². The van der Waals surface area contributed by atoms with Crippen LogP contribution in [0.15, 0.2) is 71.4 Å². The quantitative estimate of drug-likeness (QED) is 0.394. The highest BCUT2D eigenvalue weighted by Gasteiger charge is 1.98. The van der Waals surface area contributed by atoms with Crippen LogP contribution >= 0.6 is 0 Å². The largest absolute Gasteiger partial charge is 0.298 e. The van der Waals surface area contributed by atoms with Crippen molar-refractivity contribution in [1.82, 2.24) is 0 Å². The summed E-state index contributed by atoms with van der Waals surface area (Å²) >= 11 is 0. The van der Waals surface area contributed by atoms with E-state index in [0.29, 0.717) is 0 Å². The minimum absolute atomic E-state index is 0.725. The maximum Gasteiger partial charge on any atom is 0.150 e. The van der Waals surface area contributed by atoms with Crippen molar-refractivity contribution in [1.29, 1.82) is 0 Å². The zero-order valence-corrected chi connectivity index (χ0v) is 9.10. The normalized spacial score (nSPS) is 19.4. The van der Waals surface area contributed by atoms with Gasteiger partial charge in [-0.05, 0) is 30.1 Å². The molecule has 0 aromatic carbocycles. The fourth-order valence-corrected chi connectivity index (χ4v) is 1.70. The highest BCUT2D eigenvalue weighted by molar-refractivity contribution is 5.78. The molecule has 0 unspecified atom stereocenters. The SMILES string of the molecule is O=CC(C=CC1=CC=CC1)=CC1=CC=CC1. The van der Waals surface area contributed by atoms with Crippen LogP contribution < -0.4 is 0 Å². The number of carbonyl (C=O) groups is 1. The number of allylic oxidation sites excluding steroid dienone is 12. The van der Waals surface area contributed by atoms with Gasteiger partial charge in [0.15, 0.2) is 0 Å². The zero-order chi connectivity index (χ0) is 11.2. The molecule has 2 aliphatic carbocycles. The summed E-state index contributed by atoms with van der Waals surface area (Å²) in [7, 11) is 0. The molecular formula is C15H14O. The Kier molecular flexibility index (Phi) is 3.50. The molecule has 0 amide bonds. The van der Waals surface area contributed by atoms with Crippen LogP contribution in [0, 0.1) is 0 Å². The molecule has 2 aliphatic rings. The van der Waals surface area contributed by atoms with Gasteiger partial charge < -0.3 is 0 Å². The molecule has 0 saturated heterocycles. The van der Waals surface area contributed by atoms with Gasteiger partial charge in [0.25, 0.3) is 0 Å². The minimum atomic E-state index is 0.725. The molecule has 0 saturated carbocycles. The maximum atomic E-state index is 10.9. The van der Waals surface area contributed by atoms with Crippen molar-refractivity contribution in [2.75, 3.05) is 0 Å². The topological polar surface area (TPSA) is 17.1 Å². The lowest BCUT2D eigenvalue weighted by Gasteiger charge is -1.95. The Balaban J connectivity index is 2.02. The molecule has 16 heavy (non-hydrogen) atoms. The number of hydrogen-bond acceptors (Lipinski definition) is 1. The predicted octanol–water partition coefficient (Wildman–Crippen LogP) is 3.44. The number of aldehydes is 1. The summed E-state index contributed by atoms with van der Waals surface area (Å²) in [5.74, 6) is 0. The van der Waals surface area contributed by atoms with Crippen molar-refractivity contribution in [3.63, 3.8) is 0 Å². The molecule has 2 rings (SSSR count). The summed E-state index contributed by atoms with van der Waals surface area (Å²) in [6, 6.07) is 0. The molecule has 0 aromatic rings. The Morgan fingerprint density at radius 3 is 2.31 bits per heavy atom. The van der Waals surface area contributed by atoms with Gasteiger partial charge in [-0.1, -0.05) is 48.6 Å². The maximum absolute atomic E-state index is 10.9. The van der Waals surface area contributed by atoms with Crippen LogP contribution in [0.4, 0.5) is 0 Å². The van der Waals surface area contributed by atoms with Crippen LogP contribution in [0.1, 0.15) is 12.8 Å². The fraction of sp³-hybridized carbons (Fsp3) is 0.133. The van der Waals surface area contributed by atoms with Gasteiger partial charge in [-0.3, -0.25) is 4.79 Å². The predicted molar refractivity (Wildman–Crippen MR) is 67.0 cm³/mol. The van der Waals surface area contributed by atoms with Gasteiger partial charge in [-0.15, -0.1) is 0 Å². The molecular weight excluding hydrogens is 196 g/mol. The lowest BCUT2D eigenvalue weighted by molar-refractivity contribution is -0.104. The van der Waals surface area contributed by atoms with E-state index in [-0.39, 0.29) is 0 Å². The van der Waals surface area contributed by atoms with E-state index in [1.54, 1.807) is 0 Å². The Labute approximate surface area is 95.9 Å². The Bertz CT molecular complexity index is 454. The zero-order valence-electron chi connectivity index (χ0n) is 9.10. The molecule has 0 fully saturated rings. The third-order valence-corrected chi connectivity index (χ3v) is 2.58. The summed E-state index contributed by atoms with van der Waals surface area (Å²) < 4.78 is 0. The lowest BCUT2D eigenvalue weighted by Crippen LogP contribution is -1.82. The van der Waals surface area contributed by atoms with Crippen LogP contribution in [-0.4, -0.2) is 6.29 Å². The monoisotopic (exact) mass is 210 g/mol. The molecule has 1 heteroatoms. The summed E-state index contributed by atoms with van der Waals surface area (Å²) in [5.41, 5.74) is 3.15. The molecule has 0 spiro atoms. The third-order valence-electron chi connectivity index (χ3n) is 2.58. The minimum Gasteiger partial charge on any atom is -0.298 e. The molecule has 1 nitrogen and oxygen atoms in total. The van der Waals surface area contributed by atoms with Crippen LogP contribution in [0.3, 0.4) is 0 Å². The summed E-state index contributed by atoms with van der Waals surface area (Å²) in [5, 5.41) is 0. The molecule has 0 aromatic heterocycles. The first-order chi connectivity index (χ1) is 7.88. The van der Waals surface area contributed by atoms with Gasteiger partial charge in [0.1, 0.15) is 6.29 Å². The molecule has 0 atom stereocenters. The third kappa shape index (κ3) is 2.80. The van der Waals surface area contributed by atoms with E-state index in [4.69, 9.17) is 0 Å². The second-order valence-corrected chi connectivity index (χ2v) is 3.84. The van der Waals surface area contributed by atoms with Crippen molar-refractivity contribution < 1.29 is 4.79 Å². The average Bonchev–Trinajstić information content (AvgIpc) is 2.97. The smallest absolute Gasteiger partial charge is 0.150 e. The highest BCUT2D eigenvalue weighted by Crippen LogP contribution is 2.15. The number of carbonyl (C=O) groups excluding carboxylic acids is 1. The van der Waals surface area contributed by atoms with Crippen LogP contribution in [0.2, 0.25) is 0 Å². The van der Waals surface area contributed by atoms with E-state index in [9.17, 15) is 4.79 Å². The van der Waals surface area contributed by atoms with Crippen molar-refractivity contribution in [2.24, 2.45) is 0 Å². The van der Waals surface area contributed by atoms with Crippen LogP contribution in [0.25, 0.3) is 0 Å². The Morgan fingerprint density at radius 1 is 1.06 bits per heavy atom. The van der Waals surface area contributed by atoms with Crippen molar-refractivity contribution >= 4 is 6.29 Å². The van der Waals surface area contributed by atoms with Gasteiger partial charge in [0, 0.05) is 5.57 Å². The summed E-state index contributed by atoms with van der Waals surface area (Å²) in [6.07, 6.45) is 21.0. The first-order valence-corrected chi connectivity index (χ1v) is 5.45. The molecule has 0 aliphatic heterocycles. The van der Waals surface area contributed by atoms with E-state index >= 15 is 0 Å². The Morgan fingerprint density at radius 2 is 1.75 bits per heavy atom. The molecule has 0 heterocycles. The van der Waals surface area contributed by atoms with Crippen LogP contribution in [0.5, 0.6) is 0 Å². The Hall–Kier alpha value is -1.89. The van der Waals surface area contributed by atoms with Crippen molar-refractivity contribution in [2.45, 2.75) is 12.8 Å². The van der Waals surface area contributed by atoms with Gasteiger partial charge in [0.2, 0.25) is 0 Å².